The van der Waals surface area contributed by atoms with Crippen molar-refractivity contribution in [3.8, 4) is 0 Å². The maximum atomic E-state index is 11.4. The number of nitrogens with two attached hydrogens (primary N) is 1. The van der Waals surface area contributed by atoms with Crippen LogP contribution in [0.5, 0.6) is 0 Å². The van der Waals surface area contributed by atoms with Gasteiger partial charge in [-0.05, 0) is 7.05 Å². The molecule has 0 aliphatic heterocycles. The summed E-state index contributed by atoms with van der Waals surface area (Å²) in [6.45, 7) is 1.82. The van der Waals surface area contributed by atoms with Gasteiger partial charge in [-0.15, -0.1) is 0 Å². The van der Waals surface area contributed by atoms with Gasteiger partial charge in [-0.25, -0.2) is 4.79 Å². The molecule has 19 heavy (non-hydrogen) atoms. The summed E-state index contributed by atoms with van der Waals surface area (Å²) in [4.78, 5) is 24.5. The van der Waals surface area contributed by atoms with Crippen LogP contribution in [0.25, 0.3) is 0 Å². The van der Waals surface area contributed by atoms with Gasteiger partial charge in [-0.1, -0.05) is 0 Å². The van der Waals surface area contributed by atoms with E-state index in [0.29, 0.717) is 13.1 Å². The lowest BCUT2D eigenvalue weighted by atomic mass is 10.3. The van der Waals surface area contributed by atoms with E-state index in [1.54, 1.807) is 6.20 Å². The zero-order valence-electron chi connectivity index (χ0n) is 10.9. The van der Waals surface area contributed by atoms with Crippen molar-refractivity contribution in [2.24, 2.45) is 5.84 Å². The Morgan fingerprint density at radius 3 is 2.89 bits per heavy atom. The van der Waals surface area contributed by atoms with E-state index in [4.69, 9.17) is 5.84 Å². The standard InChI is InChI=1S/C11H20N6O2/c1-13-4-2-9(16-12)8-14-5-7-17-6-3-10(18)15-11(17)19/h3,6,8,13-14,16H,2,4-5,7,12H2,1H3,(H,15,18,19)/b9-8-. The fourth-order valence-electron chi connectivity index (χ4n) is 1.45. The lowest BCUT2D eigenvalue weighted by molar-refractivity contribution is 0.615. The van der Waals surface area contributed by atoms with Crippen LogP contribution < -0.4 is 33.2 Å². The first-order valence-corrected chi connectivity index (χ1v) is 6.00. The van der Waals surface area contributed by atoms with Gasteiger partial charge in [0.15, 0.2) is 0 Å². The maximum Gasteiger partial charge on any atom is 0.328 e. The van der Waals surface area contributed by atoms with E-state index in [-0.39, 0.29) is 0 Å². The molecule has 0 aliphatic carbocycles. The van der Waals surface area contributed by atoms with Gasteiger partial charge < -0.3 is 16.1 Å². The fraction of sp³-hybridized carbons (Fsp3) is 0.455. The average molecular weight is 268 g/mol. The maximum absolute atomic E-state index is 11.4. The van der Waals surface area contributed by atoms with Crippen molar-refractivity contribution >= 4 is 0 Å². The molecule has 6 N–H and O–H groups in total. The quantitative estimate of drug-likeness (QED) is 0.212. The van der Waals surface area contributed by atoms with Crippen LogP contribution in [0.4, 0.5) is 0 Å². The van der Waals surface area contributed by atoms with Gasteiger partial charge in [0.1, 0.15) is 0 Å². The molecule has 0 bridgehead atoms. The summed E-state index contributed by atoms with van der Waals surface area (Å²) in [5, 5.41) is 6.07. The van der Waals surface area contributed by atoms with Crippen molar-refractivity contribution in [3.63, 3.8) is 0 Å². The Hall–Kier alpha value is -2.06. The molecule has 8 nitrogen and oxygen atoms in total. The minimum atomic E-state index is -0.411. The Morgan fingerprint density at radius 2 is 2.26 bits per heavy atom. The summed E-state index contributed by atoms with van der Waals surface area (Å²) in [6, 6.07) is 1.32. The smallest absolute Gasteiger partial charge is 0.328 e. The van der Waals surface area contributed by atoms with Crippen molar-refractivity contribution in [2.45, 2.75) is 13.0 Å². The summed E-state index contributed by atoms with van der Waals surface area (Å²) in [7, 11) is 1.87. The van der Waals surface area contributed by atoms with Crippen molar-refractivity contribution in [2.75, 3.05) is 20.1 Å². The third-order valence-corrected chi connectivity index (χ3v) is 2.50. The number of rotatable bonds is 8. The molecule has 0 spiro atoms. The van der Waals surface area contributed by atoms with E-state index in [2.05, 4.69) is 21.0 Å². The van der Waals surface area contributed by atoms with Crippen LogP contribution in [0.2, 0.25) is 0 Å². The van der Waals surface area contributed by atoms with Crippen LogP contribution in [0.15, 0.2) is 33.7 Å². The predicted molar refractivity (Wildman–Crippen MR) is 73.3 cm³/mol. The molecule has 1 aromatic rings. The summed E-state index contributed by atoms with van der Waals surface area (Å²) in [6.07, 6.45) is 4.02. The monoisotopic (exact) mass is 268 g/mol. The summed E-state index contributed by atoms with van der Waals surface area (Å²) < 4.78 is 1.42. The normalized spacial score (nSPS) is 11.4. The number of H-pyrrole nitrogens is 1. The second-order valence-corrected chi connectivity index (χ2v) is 3.93. The molecule has 1 aromatic heterocycles. The molecule has 8 heteroatoms. The SMILES string of the molecule is CNCC/C(=C/NCCn1ccc(=O)[nH]c1=O)NN. The lowest BCUT2D eigenvalue weighted by Gasteiger charge is -2.08. The number of nitrogens with zero attached hydrogens (tertiary/aromatic N) is 1. The van der Waals surface area contributed by atoms with Gasteiger partial charge in [-0.2, -0.15) is 0 Å². The van der Waals surface area contributed by atoms with Crippen molar-refractivity contribution in [1.29, 1.82) is 0 Å². The molecule has 0 atom stereocenters. The van der Waals surface area contributed by atoms with Gasteiger partial charge in [0.2, 0.25) is 0 Å². The van der Waals surface area contributed by atoms with Gasteiger partial charge >= 0.3 is 5.69 Å². The number of hydrogen-bond donors (Lipinski definition) is 5. The highest BCUT2D eigenvalue weighted by atomic mass is 16.2. The largest absolute Gasteiger partial charge is 0.388 e. The minimum Gasteiger partial charge on any atom is -0.388 e. The Balaban J connectivity index is 2.43. The van der Waals surface area contributed by atoms with E-state index < -0.39 is 11.2 Å². The first-order valence-electron chi connectivity index (χ1n) is 6.00. The van der Waals surface area contributed by atoms with Crippen LogP contribution in [-0.4, -0.2) is 29.7 Å². The van der Waals surface area contributed by atoms with Crippen molar-refractivity contribution in [3.05, 3.63) is 45.0 Å². The highest BCUT2D eigenvalue weighted by Crippen LogP contribution is 1.90. The zero-order valence-corrected chi connectivity index (χ0v) is 10.9. The summed E-state index contributed by atoms with van der Waals surface area (Å²) >= 11 is 0. The van der Waals surface area contributed by atoms with Crippen molar-refractivity contribution in [1.82, 2.24) is 25.6 Å². The molecule has 0 aliphatic rings. The molecule has 0 aromatic carbocycles. The highest BCUT2D eigenvalue weighted by molar-refractivity contribution is 4.97. The molecular formula is C11H20N6O2. The molecule has 1 heterocycles. The van der Waals surface area contributed by atoms with E-state index in [9.17, 15) is 9.59 Å². The van der Waals surface area contributed by atoms with E-state index in [1.165, 1.54) is 16.8 Å². The van der Waals surface area contributed by atoms with Gasteiger partial charge in [0.25, 0.3) is 5.56 Å². The second kappa shape index (κ2) is 8.11. The molecular weight excluding hydrogens is 248 g/mol. The molecule has 0 fully saturated rings. The predicted octanol–water partition coefficient (Wildman–Crippen LogP) is -1.96. The molecule has 0 saturated heterocycles. The molecule has 0 unspecified atom stereocenters. The number of hydrogen-bond acceptors (Lipinski definition) is 6. The molecule has 0 saturated carbocycles. The van der Waals surface area contributed by atoms with Crippen LogP contribution in [0.3, 0.4) is 0 Å². The highest BCUT2D eigenvalue weighted by Gasteiger charge is 1.96. The van der Waals surface area contributed by atoms with Gasteiger partial charge in [0.05, 0.1) is 0 Å². The van der Waals surface area contributed by atoms with Gasteiger partial charge in [-0.3, -0.25) is 20.2 Å². The third-order valence-electron chi connectivity index (χ3n) is 2.50. The zero-order chi connectivity index (χ0) is 14.1. The average Bonchev–Trinajstić information content (AvgIpc) is 2.40. The Labute approximate surface area is 110 Å². The molecule has 106 valence electrons. The van der Waals surface area contributed by atoms with Crippen LogP contribution >= 0.6 is 0 Å². The third kappa shape index (κ3) is 5.40. The number of hydrazine groups is 1. The number of nitrogens with one attached hydrogen (secondary N) is 4. The summed E-state index contributed by atoms with van der Waals surface area (Å²) in [5.74, 6) is 5.37. The minimum absolute atomic E-state index is 0.393. The number of aromatic amines is 1. The van der Waals surface area contributed by atoms with Gasteiger partial charge in [0, 0.05) is 50.2 Å². The van der Waals surface area contributed by atoms with E-state index in [0.717, 1.165) is 18.7 Å². The topological polar surface area (TPSA) is 117 Å². The van der Waals surface area contributed by atoms with E-state index in [1.807, 2.05) is 7.05 Å². The fourth-order valence-corrected chi connectivity index (χ4v) is 1.45. The first-order chi connectivity index (χ1) is 9.17. The van der Waals surface area contributed by atoms with Crippen molar-refractivity contribution < 1.29 is 0 Å². The Bertz CT molecular complexity index is 518. The Kier molecular flexibility index (Phi) is 6.41. The van der Waals surface area contributed by atoms with Crippen LogP contribution in [-0.2, 0) is 6.54 Å². The van der Waals surface area contributed by atoms with Crippen LogP contribution in [0.1, 0.15) is 6.42 Å². The molecule has 0 amide bonds. The molecule has 1 rings (SSSR count). The van der Waals surface area contributed by atoms with Crippen LogP contribution in [0, 0.1) is 0 Å². The number of aromatic nitrogens is 2. The summed E-state index contributed by atoms with van der Waals surface area (Å²) in [5.41, 5.74) is 2.66. The second-order valence-electron chi connectivity index (χ2n) is 3.93. The van der Waals surface area contributed by atoms with E-state index >= 15 is 0 Å². The Morgan fingerprint density at radius 1 is 1.47 bits per heavy atom. The first kappa shape index (κ1) is 15.0. The molecule has 0 radical (unpaired) electrons. The lowest BCUT2D eigenvalue weighted by Crippen LogP contribution is -2.31.